The molecule has 0 saturated carbocycles. The topological polar surface area (TPSA) is 87.0 Å². The van der Waals surface area contributed by atoms with Crippen LogP contribution in [0.25, 0.3) is 0 Å². The molecule has 1 fully saturated rings. The highest BCUT2D eigenvalue weighted by Gasteiger charge is 2.00. The number of ether oxygens (including phenoxy) is 1. The van der Waals surface area contributed by atoms with Gasteiger partial charge < -0.3 is 19.4 Å². The van der Waals surface area contributed by atoms with E-state index in [1.165, 1.54) is 12.8 Å². The Morgan fingerprint density at radius 1 is 1.10 bits per heavy atom. The third-order valence-electron chi connectivity index (χ3n) is 0.827. The van der Waals surface area contributed by atoms with Crippen molar-refractivity contribution in [3.63, 3.8) is 0 Å². The molecule has 0 aromatic carbocycles. The van der Waals surface area contributed by atoms with Gasteiger partial charge >= 0.3 is 7.82 Å². The average Bonchev–Trinajstić information content (AvgIpc) is 2.07. The van der Waals surface area contributed by atoms with Gasteiger partial charge in [0.25, 0.3) is 0 Å². The molecule has 0 radical (unpaired) electrons. The van der Waals surface area contributed by atoms with Crippen LogP contribution in [0.2, 0.25) is 0 Å². The van der Waals surface area contributed by atoms with Crippen LogP contribution in [0.4, 0.5) is 0 Å². The minimum Gasteiger partial charge on any atom is -0.381 e. The summed E-state index contributed by atoms with van der Waals surface area (Å²) < 4.78 is 13.8. The molecule has 5 nitrogen and oxygen atoms in total. The third kappa shape index (κ3) is 15.7. The van der Waals surface area contributed by atoms with E-state index in [1.807, 2.05) is 0 Å². The molecule has 1 aliphatic rings. The molecule has 1 heterocycles. The van der Waals surface area contributed by atoms with Gasteiger partial charge in [-0.05, 0) is 12.8 Å². The molecule has 0 unspecified atom stereocenters. The van der Waals surface area contributed by atoms with E-state index in [0.29, 0.717) is 0 Å². The van der Waals surface area contributed by atoms with Gasteiger partial charge in [0.05, 0.1) is 0 Å². The molecule has 0 aromatic rings. The zero-order valence-electron chi connectivity index (χ0n) is 5.43. The maximum atomic E-state index is 8.88. The summed E-state index contributed by atoms with van der Waals surface area (Å²) in [5, 5.41) is 0. The Balaban J connectivity index is 0.000000162. The maximum absolute atomic E-state index is 8.88. The van der Waals surface area contributed by atoms with Crippen molar-refractivity contribution >= 4 is 7.82 Å². The van der Waals surface area contributed by atoms with Crippen LogP contribution in [-0.4, -0.2) is 27.9 Å². The van der Waals surface area contributed by atoms with E-state index >= 15 is 0 Å². The van der Waals surface area contributed by atoms with Crippen LogP contribution < -0.4 is 0 Å². The molecule has 0 amide bonds. The summed E-state index contributed by atoms with van der Waals surface area (Å²) in [5.41, 5.74) is 0. The van der Waals surface area contributed by atoms with Crippen molar-refractivity contribution in [3.8, 4) is 0 Å². The van der Waals surface area contributed by atoms with E-state index in [1.54, 1.807) is 0 Å². The molecule has 6 heteroatoms. The minimum atomic E-state index is -4.64. The number of hydrogen-bond acceptors (Lipinski definition) is 2. The molecule has 1 saturated heterocycles. The fraction of sp³-hybridized carbons (Fsp3) is 1.00. The lowest BCUT2D eigenvalue weighted by atomic mass is 10.4. The van der Waals surface area contributed by atoms with E-state index in [4.69, 9.17) is 24.0 Å². The second-order valence-corrected chi connectivity index (χ2v) is 2.86. The quantitative estimate of drug-likeness (QED) is 0.441. The largest absolute Gasteiger partial charge is 0.466 e. The van der Waals surface area contributed by atoms with Crippen molar-refractivity contribution in [2.75, 3.05) is 13.2 Å². The average molecular weight is 170 g/mol. The summed E-state index contributed by atoms with van der Waals surface area (Å²) in [6, 6.07) is 0. The Bertz CT molecular complexity index is 98.9. The first-order valence-electron chi connectivity index (χ1n) is 2.86. The summed E-state index contributed by atoms with van der Waals surface area (Å²) in [4.78, 5) is 21.6. The van der Waals surface area contributed by atoms with Crippen LogP contribution in [0.1, 0.15) is 12.8 Å². The summed E-state index contributed by atoms with van der Waals surface area (Å²) in [6.07, 6.45) is 2.56. The molecule has 1 rings (SSSR count). The third-order valence-corrected chi connectivity index (χ3v) is 0.827. The van der Waals surface area contributed by atoms with E-state index in [2.05, 4.69) is 0 Å². The first-order valence-corrected chi connectivity index (χ1v) is 4.43. The maximum Gasteiger partial charge on any atom is 0.466 e. The van der Waals surface area contributed by atoms with Crippen molar-refractivity contribution in [3.05, 3.63) is 0 Å². The van der Waals surface area contributed by atoms with Crippen molar-refractivity contribution in [1.82, 2.24) is 0 Å². The summed E-state index contributed by atoms with van der Waals surface area (Å²) in [7, 11) is -4.64. The molecule has 3 N–H and O–H groups in total. The van der Waals surface area contributed by atoms with Gasteiger partial charge in [0.2, 0.25) is 0 Å². The zero-order chi connectivity index (χ0) is 8.04. The summed E-state index contributed by atoms with van der Waals surface area (Å²) >= 11 is 0. The monoisotopic (exact) mass is 170 g/mol. The van der Waals surface area contributed by atoms with Gasteiger partial charge in [-0.25, -0.2) is 4.57 Å². The number of rotatable bonds is 0. The molecule has 0 bridgehead atoms. The predicted octanol–water partition coefficient (Wildman–Crippen LogP) is -0.132. The second kappa shape index (κ2) is 4.82. The standard InChI is InChI=1S/C4H8O.H3O4P/c1-2-4-5-3-1;1-5(2,3)4/h1-4H2;(H3,1,2,3,4). The van der Waals surface area contributed by atoms with Crippen LogP contribution in [0, 0.1) is 0 Å². The van der Waals surface area contributed by atoms with Gasteiger partial charge in [-0.3, -0.25) is 0 Å². The van der Waals surface area contributed by atoms with Gasteiger partial charge in [-0.2, -0.15) is 0 Å². The van der Waals surface area contributed by atoms with E-state index in [0.717, 1.165) is 13.2 Å². The highest BCUT2D eigenvalue weighted by Crippen LogP contribution is 2.25. The highest BCUT2D eigenvalue weighted by molar-refractivity contribution is 7.45. The fourth-order valence-electron chi connectivity index (χ4n) is 0.510. The van der Waals surface area contributed by atoms with Crippen molar-refractivity contribution in [1.29, 1.82) is 0 Å². The Morgan fingerprint density at radius 3 is 1.50 bits per heavy atom. The summed E-state index contributed by atoms with van der Waals surface area (Å²) in [5.74, 6) is 0. The SMILES string of the molecule is C1CCOC1.O=P(O)(O)O. The molecule has 0 aliphatic carbocycles. The molecule has 62 valence electrons. The summed E-state index contributed by atoms with van der Waals surface area (Å²) in [6.45, 7) is 2.00. The van der Waals surface area contributed by atoms with Crippen LogP contribution in [0.5, 0.6) is 0 Å². The van der Waals surface area contributed by atoms with Crippen LogP contribution in [0.15, 0.2) is 0 Å². The van der Waals surface area contributed by atoms with Crippen molar-refractivity contribution < 1.29 is 24.0 Å². The Morgan fingerprint density at radius 2 is 1.40 bits per heavy atom. The smallest absolute Gasteiger partial charge is 0.381 e. The lowest BCUT2D eigenvalue weighted by molar-refractivity contribution is 0.198. The molecule has 10 heavy (non-hydrogen) atoms. The van der Waals surface area contributed by atoms with Gasteiger partial charge in [-0.15, -0.1) is 0 Å². The molecule has 1 aliphatic heterocycles. The van der Waals surface area contributed by atoms with Crippen molar-refractivity contribution in [2.45, 2.75) is 12.8 Å². The van der Waals surface area contributed by atoms with Gasteiger partial charge in [0.15, 0.2) is 0 Å². The van der Waals surface area contributed by atoms with E-state index in [9.17, 15) is 0 Å². The highest BCUT2D eigenvalue weighted by atomic mass is 31.2. The Kier molecular flexibility index (Phi) is 4.85. The van der Waals surface area contributed by atoms with Crippen LogP contribution >= 0.6 is 7.82 Å². The van der Waals surface area contributed by atoms with Gasteiger partial charge in [0, 0.05) is 13.2 Å². The minimum absolute atomic E-state index is 1.00. The zero-order valence-corrected chi connectivity index (χ0v) is 6.33. The molecular formula is C4H11O5P. The first kappa shape index (κ1) is 10.1. The Hall–Kier alpha value is 0.0700. The normalized spacial score (nSPS) is 17.9. The Labute approximate surface area is 58.9 Å². The molecule has 0 aromatic heterocycles. The predicted molar refractivity (Wildman–Crippen MR) is 34.3 cm³/mol. The van der Waals surface area contributed by atoms with Gasteiger partial charge in [0.1, 0.15) is 0 Å². The number of hydrogen-bond donors (Lipinski definition) is 3. The fourth-order valence-corrected chi connectivity index (χ4v) is 0.510. The molecular weight excluding hydrogens is 159 g/mol. The lowest BCUT2D eigenvalue weighted by Crippen LogP contribution is -1.74. The second-order valence-electron chi connectivity index (χ2n) is 1.83. The van der Waals surface area contributed by atoms with Crippen LogP contribution in [-0.2, 0) is 9.30 Å². The van der Waals surface area contributed by atoms with Crippen LogP contribution in [0.3, 0.4) is 0 Å². The lowest BCUT2D eigenvalue weighted by Gasteiger charge is -1.82. The molecule has 0 spiro atoms. The first-order chi connectivity index (χ1) is 4.50. The van der Waals surface area contributed by atoms with E-state index < -0.39 is 7.82 Å². The van der Waals surface area contributed by atoms with Gasteiger partial charge in [-0.1, -0.05) is 0 Å². The van der Waals surface area contributed by atoms with E-state index in [-0.39, 0.29) is 0 Å². The molecule has 0 atom stereocenters. The number of phosphoric acid groups is 1. The van der Waals surface area contributed by atoms with Crippen molar-refractivity contribution in [2.24, 2.45) is 0 Å².